The Bertz CT molecular complexity index is 99.0. The van der Waals surface area contributed by atoms with E-state index in [4.69, 9.17) is 9.84 Å². The number of ether oxygens (including phenoxy) is 1. The molecule has 1 saturated heterocycles. The molecule has 10 heavy (non-hydrogen) atoms. The van der Waals surface area contributed by atoms with Crippen LogP contribution in [0, 0.1) is 0 Å². The lowest BCUT2D eigenvalue weighted by atomic mass is 10.2. The molecule has 4 nitrogen and oxygen atoms in total. The van der Waals surface area contributed by atoms with E-state index in [0.29, 0.717) is 19.8 Å². The largest absolute Gasteiger partial charge is 0.395 e. The Morgan fingerprint density at radius 1 is 1.60 bits per heavy atom. The Hall–Kier alpha value is -0.160. The zero-order valence-corrected chi connectivity index (χ0v) is 5.79. The highest BCUT2D eigenvalue weighted by Gasteiger charge is 2.19. The SMILES string of the molecule is OC[C@H]1NCCOCC1O. The van der Waals surface area contributed by atoms with Crippen molar-refractivity contribution in [1.29, 1.82) is 0 Å². The van der Waals surface area contributed by atoms with E-state index in [0.717, 1.165) is 0 Å². The first-order chi connectivity index (χ1) is 4.84. The molecule has 0 amide bonds. The lowest BCUT2D eigenvalue weighted by Crippen LogP contribution is -2.42. The van der Waals surface area contributed by atoms with Gasteiger partial charge in [-0.2, -0.15) is 0 Å². The summed E-state index contributed by atoms with van der Waals surface area (Å²) in [5.74, 6) is 0. The van der Waals surface area contributed by atoms with Gasteiger partial charge >= 0.3 is 0 Å². The maximum Gasteiger partial charge on any atom is 0.0948 e. The van der Waals surface area contributed by atoms with Crippen molar-refractivity contribution >= 4 is 0 Å². The molecule has 3 N–H and O–H groups in total. The van der Waals surface area contributed by atoms with Gasteiger partial charge < -0.3 is 20.3 Å². The summed E-state index contributed by atoms with van der Waals surface area (Å²) in [6.45, 7) is 1.58. The van der Waals surface area contributed by atoms with Gasteiger partial charge in [-0.05, 0) is 0 Å². The van der Waals surface area contributed by atoms with Gasteiger partial charge in [-0.1, -0.05) is 0 Å². The topological polar surface area (TPSA) is 61.7 Å². The third-order valence-electron chi connectivity index (χ3n) is 1.60. The highest BCUT2D eigenvalue weighted by molar-refractivity contribution is 4.76. The van der Waals surface area contributed by atoms with Crippen LogP contribution in [0.2, 0.25) is 0 Å². The molecule has 2 atom stereocenters. The molecule has 60 valence electrons. The average molecular weight is 147 g/mol. The van der Waals surface area contributed by atoms with Crippen molar-refractivity contribution < 1.29 is 14.9 Å². The zero-order chi connectivity index (χ0) is 7.40. The molecule has 1 heterocycles. The molecule has 0 radical (unpaired) electrons. The van der Waals surface area contributed by atoms with E-state index in [-0.39, 0.29) is 12.6 Å². The predicted octanol–water partition coefficient (Wildman–Crippen LogP) is -1.67. The van der Waals surface area contributed by atoms with E-state index >= 15 is 0 Å². The zero-order valence-electron chi connectivity index (χ0n) is 5.79. The number of nitrogens with one attached hydrogen (secondary N) is 1. The number of hydrogen-bond acceptors (Lipinski definition) is 4. The third kappa shape index (κ3) is 1.91. The quantitative estimate of drug-likeness (QED) is 0.415. The molecule has 1 aliphatic rings. The first kappa shape index (κ1) is 7.94. The molecule has 0 aromatic rings. The number of hydrogen-bond donors (Lipinski definition) is 3. The van der Waals surface area contributed by atoms with Crippen LogP contribution in [0.4, 0.5) is 0 Å². The highest BCUT2D eigenvalue weighted by Crippen LogP contribution is 1.97. The fraction of sp³-hybridized carbons (Fsp3) is 1.00. The van der Waals surface area contributed by atoms with Crippen molar-refractivity contribution in [2.24, 2.45) is 0 Å². The Balaban J connectivity index is 2.35. The Kier molecular flexibility index (Phi) is 3.08. The van der Waals surface area contributed by atoms with E-state index in [1.165, 1.54) is 0 Å². The summed E-state index contributed by atoms with van der Waals surface area (Å²) >= 11 is 0. The first-order valence-electron chi connectivity index (χ1n) is 3.44. The maximum atomic E-state index is 9.20. The lowest BCUT2D eigenvalue weighted by molar-refractivity contribution is 0.0304. The van der Waals surface area contributed by atoms with Crippen LogP contribution >= 0.6 is 0 Å². The smallest absolute Gasteiger partial charge is 0.0948 e. The van der Waals surface area contributed by atoms with E-state index in [1.54, 1.807) is 0 Å². The van der Waals surface area contributed by atoms with Crippen molar-refractivity contribution in [2.75, 3.05) is 26.4 Å². The second-order valence-corrected chi connectivity index (χ2v) is 2.39. The van der Waals surface area contributed by atoms with Crippen LogP contribution in [0.5, 0.6) is 0 Å². The van der Waals surface area contributed by atoms with Gasteiger partial charge in [-0.25, -0.2) is 0 Å². The van der Waals surface area contributed by atoms with E-state index in [1.807, 2.05) is 0 Å². The van der Waals surface area contributed by atoms with Crippen molar-refractivity contribution in [3.8, 4) is 0 Å². The molecule has 0 bridgehead atoms. The Morgan fingerprint density at radius 2 is 2.40 bits per heavy atom. The molecular formula is C6H13NO3. The van der Waals surface area contributed by atoms with Crippen molar-refractivity contribution in [2.45, 2.75) is 12.1 Å². The van der Waals surface area contributed by atoms with Gasteiger partial charge in [0.25, 0.3) is 0 Å². The minimum absolute atomic E-state index is 0.0372. The molecule has 4 heteroatoms. The van der Waals surface area contributed by atoms with Crippen LogP contribution in [0.25, 0.3) is 0 Å². The van der Waals surface area contributed by atoms with Crippen LogP contribution in [0.15, 0.2) is 0 Å². The fourth-order valence-corrected chi connectivity index (χ4v) is 0.959. The van der Waals surface area contributed by atoms with E-state index < -0.39 is 6.10 Å². The molecular weight excluding hydrogens is 134 g/mol. The fourth-order valence-electron chi connectivity index (χ4n) is 0.959. The monoisotopic (exact) mass is 147 g/mol. The van der Waals surface area contributed by atoms with Crippen LogP contribution in [0.3, 0.4) is 0 Å². The molecule has 0 aliphatic carbocycles. The van der Waals surface area contributed by atoms with Crippen LogP contribution in [0.1, 0.15) is 0 Å². The van der Waals surface area contributed by atoms with Crippen LogP contribution in [-0.2, 0) is 4.74 Å². The van der Waals surface area contributed by atoms with Gasteiger partial charge in [0.2, 0.25) is 0 Å². The van der Waals surface area contributed by atoms with Crippen LogP contribution in [-0.4, -0.2) is 48.7 Å². The third-order valence-corrected chi connectivity index (χ3v) is 1.60. The van der Waals surface area contributed by atoms with Crippen molar-refractivity contribution in [3.63, 3.8) is 0 Å². The Morgan fingerprint density at radius 3 is 3.10 bits per heavy atom. The Labute approximate surface area is 59.8 Å². The summed E-state index contributed by atoms with van der Waals surface area (Å²) in [4.78, 5) is 0. The predicted molar refractivity (Wildman–Crippen MR) is 35.7 cm³/mol. The molecule has 0 aromatic heterocycles. The van der Waals surface area contributed by atoms with Gasteiger partial charge in [-0.3, -0.25) is 0 Å². The summed E-state index contributed by atoms with van der Waals surface area (Å²) in [6, 6.07) is -0.220. The molecule has 1 rings (SSSR count). The summed E-state index contributed by atoms with van der Waals surface area (Å²) in [5, 5.41) is 20.9. The second kappa shape index (κ2) is 3.88. The standard InChI is InChI=1S/C6H13NO3/c8-3-5-6(9)4-10-2-1-7-5/h5-9H,1-4H2/t5-,6?/m1/s1. The highest BCUT2D eigenvalue weighted by atomic mass is 16.5. The summed E-state index contributed by atoms with van der Waals surface area (Å²) in [5.41, 5.74) is 0. The number of aliphatic hydroxyl groups excluding tert-OH is 2. The summed E-state index contributed by atoms with van der Waals surface area (Å²) in [7, 11) is 0. The first-order valence-corrected chi connectivity index (χ1v) is 3.44. The molecule has 0 aromatic carbocycles. The van der Waals surface area contributed by atoms with Gasteiger partial charge in [0.1, 0.15) is 0 Å². The number of rotatable bonds is 1. The lowest BCUT2D eigenvalue weighted by Gasteiger charge is -2.16. The van der Waals surface area contributed by atoms with Gasteiger partial charge in [0, 0.05) is 6.54 Å². The molecule has 1 fully saturated rings. The van der Waals surface area contributed by atoms with E-state index in [9.17, 15) is 5.11 Å². The summed E-state index contributed by atoms with van der Waals surface area (Å²) in [6.07, 6.45) is -0.576. The van der Waals surface area contributed by atoms with Crippen molar-refractivity contribution in [1.82, 2.24) is 5.32 Å². The van der Waals surface area contributed by atoms with Crippen LogP contribution < -0.4 is 5.32 Å². The minimum atomic E-state index is -0.576. The van der Waals surface area contributed by atoms with E-state index in [2.05, 4.69) is 5.32 Å². The maximum absolute atomic E-state index is 9.20. The van der Waals surface area contributed by atoms with Gasteiger partial charge in [0.05, 0.1) is 32.0 Å². The normalized spacial score (nSPS) is 35.4. The number of aliphatic hydroxyl groups is 2. The molecule has 1 unspecified atom stereocenters. The van der Waals surface area contributed by atoms with Crippen molar-refractivity contribution in [3.05, 3.63) is 0 Å². The van der Waals surface area contributed by atoms with Gasteiger partial charge in [-0.15, -0.1) is 0 Å². The molecule has 0 saturated carbocycles. The average Bonchev–Trinajstić information content (AvgIpc) is 2.13. The molecule has 0 spiro atoms. The second-order valence-electron chi connectivity index (χ2n) is 2.39. The summed E-state index contributed by atoms with van der Waals surface area (Å²) < 4.78 is 5.02. The van der Waals surface area contributed by atoms with Gasteiger partial charge in [0.15, 0.2) is 0 Å². The molecule has 1 aliphatic heterocycles. The minimum Gasteiger partial charge on any atom is -0.395 e.